The molecule has 18 heavy (non-hydrogen) atoms. The van der Waals surface area contributed by atoms with Gasteiger partial charge < -0.3 is 10.1 Å². The highest BCUT2D eigenvalue weighted by Gasteiger charge is 2.48. The van der Waals surface area contributed by atoms with Gasteiger partial charge in [0, 0.05) is 6.04 Å². The number of methoxy groups -OCH3 is 1. The third kappa shape index (κ3) is 2.39. The van der Waals surface area contributed by atoms with Gasteiger partial charge in [-0.3, -0.25) is 0 Å². The summed E-state index contributed by atoms with van der Waals surface area (Å²) in [5.74, 6) is 1.61. The molecule has 1 N–H and O–H groups in total. The summed E-state index contributed by atoms with van der Waals surface area (Å²) in [6.07, 6.45) is 2.46. The van der Waals surface area contributed by atoms with Crippen molar-refractivity contribution >= 4 is 0 Å². The van der Waals surface area contributed by atoms with Crippen molar-refractivity contribution in [1.82, 2.24) is 5.32 Å². The molecule has 0 radical (unpaired) electrons. The molecular weight excluding hydrogens is 222 g/mol. The van der Waals surface area contributed by atoms with E-state index in [1.807, 2.05) is 0 Å². The Bertz CT molecular complexity index is 383. The normalized spacial score (nSPS) is 25.6. The first-order chi connectivity index (χ1) is 8.59. The monoisotopic (exact) mass is 247 g/mol. The van der Waals surface area contributed by atoms with Crippen molar-refractivity contribution < 1.29 is 4.74 Å². The van der Waals surface area contributed by atoms with Crippen molar-refractivity contribution in [2.24, 2.45) is 5.41 Å². The minimum Gasteiger partial charge on any atom is -0.497 e. The molecule has 0 aromatic heterocycles. The zero-order valence-corrected chi connectivity index (χ0v) is 12.0. The van der Waals surface area contributed by atoms with Gasteiger partial charge >= 0.3 is 0 Å². The maximum Gasteiger partial charge on any atom is 0.118 e. The van der Waals surface area contributed by atoms with Crippen LogP contribution >= 0.6 is 0 Å². The van der Waals surface area contributed by atoms with Crippen LogP contribution in [0.2, 0.25) is 0 Å². The maximum absolute atomic E-state index is 5.21. The smallest absolute Gasteiger partial charge is 0.118 e. The minimum absolute atomic E-state index is 0.351. The molecule has 2 unspecified atom stereocenters. The van der Waals surface area contributed by atoms with E-state index in [2.05, 4.69) is 50.4 Å². The predicted molar refractivity (Wildman–Crippen MR) is 76.2 cm³/mol. The molecule has 2 nitrogen and oxygen atoms in total. The number of hydrogen-bond acceptors (Lipinski definition) is 2. The molecule has 0 saturated heterocycles. The van der Waals surface area contributed by atoms with E-state index >= 15 is 0 Å². The predicted octanol–water partition coefficient (Wildman–Crippen LogP) is 3.58. The van der Waals surface area contributed by atoms with Crippen molar-refractivity contribution in [2.75, 3.05) is 13.7 Å². The van der Waals surface area contributed by atoms with Crippen molar-refractivity contribution in [3.63, 3.8) is 0 Å². The topological polar surface area (TPSA) is 21.3 Å². The highest BCUT2D eigenvalue weighted by atomic mass is 16.5. The van der Waals surface area contributed by atoms with Crippen LogP contribution in [0.1, 0.15) is 45.1 Å². The molecule has 0 heterocycles. The number of hydrogen-bond donors (Lipinski definition) is 1. The number of ether oxygens (including phenoxy) is 1. The summed E-state index contributed by atoms with van der Waals surface area (Å²) in [6, 6.07) is 9.21. The lowest BCUT2D eigenvalue weighted by molar-refractivity contribution is 0.0694. The fourth-order valence-electron chi connectivity index (χ4n) is 2.99. The van der Waals surface area contributed by atoms with Gasteiger partial charge in [-0.1, -0.05) is 32.9 Å². The van der Waals surface area contributed by atoms with Gasteiger partial charge in [0.1, 0.15) is 5.75 Å². The lowest BCUT2D eigenvalue weighted by Gasteiger charge is -2.53. The molecule has 2 heteroatoms. The molecule has 2 rings (SSSR count). The summed E-state index contributed by atoms with van der Waals surface area (Å²) in [5.41, 5.74) is 1.79. The molecule has 0 amide bonds. The van der Waals surface area contributed by atoms with E-state index in [9.17, 15) is 0 Å². The Labute approximate surface area is 111 Å². The van der Waals surface area contributed by atoms with Crippen LogP contribution in [0.25, 0.3) is 0 Å². The van der Waals surface area contributed by atoms with Crippen LogP contribution in [0.5, 0.6) is 5.75 Å². The summed E-state index contributed by atoms with van der Waals surface area (Å²) in [7, 11) is 1.72. The summed E-state index contributed by atoms with van der Waals surface area (Å²) in [5, 5.41) is 3.66. The van der Waals surface area contributed by atoms with Gasteiger partial charge in [0.2, 0.25) is 0 Å². The second kappa shape index (κ2) is 5.31. The first-order valence-electron chi connectivity index (χ1n) is 6.97. The van der Waals surface area contributed by atoms with E-state index in [0.717, 1.165) is 12.3 Å². The third-order valence-electron chi connectivity index (χ3n) is 4.43. The van der Waals surface area contributed by atoms with E-state index in [1.54, 1.807) is 7.11 Å². The van der Waals surface area contributed by atoms with E-state index in [-0.39, 0.29) is 0 Å². The van der Waals surface area contributed by atoms with Crippen molar-refractivity contribution in [2.45, 2.75) is 45.6 Å². The van der Waals surface area contributed by atoms with Gasteiger partial charge in [-0.2, -0.15) is 0 Å². The number of benzene rings is 1. The molecule has 1 saturated carbocycles. The second-order valence-electron chi connectivity index (χ2n) is 5.89. The van der Waals surface area contributed by atoms with Crippen molar-refractivity contribution in [3.05, 3.63) is 29.8 Å². The second-order valence-corrected chi connectivity index (χ2v) is 5.89. The maximum atomic E-state index is 5.21. The van der Waals surface area contributed by atoms with Crippen molar-refractivity contribution in [1.29, 1.82) is 0 Å². The van der Waals surface area contributed by atoms with Crippen LogP contribution < -0.4 is 10.1 Å². The molecule has 1 aromatic rings. The Morgan fingerprint density at radius 3 is 2.44 bits per heavy atom. The highest BCUT2D eigenvalue weighted by molar-refractivity contribution is 5.33. The first kappa shape index (κ1) is 13.4. The summed E-state index contributed by atoms with van der Waals surface area (Å²) < 4.78 is 5.21. The van der Waals surface area contributed by atoms with E-state index in [0.29, 0.717) is 17.4 Å². The number of nitrogens with one attached hydrogen (secondary N) is 1. The van der Waals surface area contributed by atoms with Gasteiger partial charge in [-0.15, -0.1) is 0 Å². The van der Waals surface area contributed by atoms with Gasteiger partial charge in [0.15, 0.2) is 0 Å². The largest absolute Gasteiger partial charge is 0.497 e. The van der Waals surface area contributed by atoms with Gasteiger partial charge in [-0.25, -0.2) is 0 Å². The quantitative estimate of drug-likeness (QED) is 0.858. The molecule has 2 atom stereocenters. The molecule has 1 fully saturated rings. The Kier molecular flexibility index (Phi) is 3.96. The Morgan fingerprint density at radius 1 is 1.28 bits per heavy atom. The third-order valence-corrected chi connectivity index (χ3v) is 4.43. The Hall–Kier alpha value is -1.02. The van der Waals surface area contributed by atoms with Crippen molar-refractivity contribution in [3.8, 4) is 5.75 Å². The van der Waals surface area contributed by atoms with Gasteiger partial charge in [0.05, 0.1) is 7.11 Å². The average molecular weight is 247 g/mol. The van der Waals surface area contributed by atoms with E-state index in [4.69, 9.17) is 4.74 Å². The molecule has 1 aromatic carbocycles. The Morgan fingerprint density at radius 2 is 1.94 bits per heavy atom. The van der Waals surface area contributed by atoms with Crippen LogP contribution in [0.4, 0.5) is 0 Å². The molecule has 1 aliphatic carbocycles. The SMILES string of the molecule is CCCNC1CC(c2ccc(OC)cc2)C1(C)C. The van der Waals surface area contributed by atoms with Gasteiger partial charge in [-0.05, 0) is 48.4 Å². The summed E-state index contributed by atoms with van der Waals surface area (Å²) in [4.78, 5) is 0. The molecular formula is C16H25NO. The van der Waals surface area contributed by atoms with Gasteiger partial charge in [0.25, 0.3) is 0 Å². The standard InChI is InChI=1S/C16H25NO/c1-5-10-17-15-11-14(16(15,2)3)12-6-8-13(18-4)9-7-12/h6-9,14-15,17H,5,10-11H2,1-4H3. The van der Waals surface area contributed by atoms with Crippen LogP contribution in [-0.4, -0.2) is 19.7 Å². The van der Waals surface area contributed by atoms with Crippen LogP contribution in [0.3, 0.4) is 0 Å². The molecule has 1 aliphatic rings. The minimum atomic E-state index is 0.351. The fourth-order valence-corrected chi connectivity index (χ4v) is 2.99. The molecule has 0 spiro atoms. The van der Waals surface area contributed by atoms with Crippen LogP contribution in [0.15, 0.2) is 24.3 Å². The first-order valence-corrected chi connectivity index (χ1v) is 6.97. The van der Waals surface area contributed by atoms with Crippen LogP contribution in [-0.2, 0) is 0 Å². The zero-order valence-electron chi connectivity index (χ0n) is 12.0. The lowest BCUT2D eigenvalue weighted by atomic mass is 9.56. The summed E-state index contributed by atoms with van der Waals surface area (Å²) >= 11 is 0. The zero-order chi connectivity index (χ0) is 13.2. The average Bonchev–Trinajstić information content (AvgIpc) is 2.38. The fraction of sp³-hybridized carbons (Fsp3) is 0.625. The highest BCUT2D eigenvalue weighted by Crippen LogP contribution is 2.52. The lowest BCUT2D eigenvalue weighted by Crippen LogP contribution is -2.55. The van der Waals surface area contributed by atoms with E-state index in [1.165, 1.54) is 18.4 Å². The molecule has 0 bridgehead atoms. The summed E-state index contributed by atoms with van der Waals surface area (Å²) in [6.45, 7) is 8.10. The van der Waals surface area contributed by atoms with E-state index < -0.39 is 0 Å². The Balaban J connectivity index is 2.02. The molecule has 100 valence electrons. The number of rotatable bonds is 5. The molecule has 0 aliphatic heterocycles. The van der Waals surface area contributed by atoms with Crippen LogP contribution in [0, 0.1) is 5.41 Å².